The molecular formula is C8H9N5. The second kappa shape index (κ2) is 3.22. The molecule has 5 heteroatoms. The maximum absolute atomic E-state index is 3.78. The minimum atomic E-state index is 0.477. The number of tetrazole rings is 1. The topological polar surface area (TPSA) is 66.5 Å². The standard InChI is InChI=1S/C8H9N5/c1-6-3-2-4-7(5-6)9-8-10-12-13-11-8/h2-5H,1H3,(H2,9,10,11,12,13). The van der Waals surface area contributed by atoms with Gasteiger partial charge in [0.15, 0.2) is 0 Å². The fourth-order valence-corrected chi connectivity index (χ4v) is 1.07. The SMILES string of the molecule is Cc1cccc(Nc2nn[nH]n2)c1. The second-order valence-corrected chi connectivity index (χ2v) is 2.73. The summed E-state index contributed by atoms with van der Waals surface area (Å²) in [4.78, 5) is 0. The largest absolute Gasteiger partial charge is 0.322 e. The molecule has 0 atom stereocenters. The lowest BCUT2D eigenvalue weighted by Crippen LogP contribution is -1.92. The van der Waals surface area contributed by atoms with Gasteiger partial charge in [-0.15, -0.1) is 5.10 Å². The normalized spacial score (nSPS) is 9.92. The summed E-state index contributed by atoms with van der Waals surface area (Å²) < 4.78 is 0. The van der Waals surface area contributed by atoms with Gasteiger partial charge >= 0.3 is 0 Å². The van der Waals surface area contributed by atoms with Crippen LogP contribution in [0.3, 0.4) is 0 Å². The summed E-state index contributed by atoms with van der Waals surface area (Å²) in [5.74, 6) is 0.477. The van der Waals surface area contributed by atoms with Crippen molar-refractivity contribution >= 4 is 11.6 Å². The maximum Gasteiger partial charge on any atom is 0.267 e. The quantitative estimate of drug-likeness (QED) is 0.720. The Morgan fingerprint density at radius 1 is 1.38 bits per heavy atom. The van der Waals surface area contributed by atoms with Crippen LogP contribution in [0.2, 0.25) is 0 Å². The lowest BCUT2D eigenvalue weighted by Gasteiger charge is -2.00. The van der Waals surface area contributed by atoms with Crippen LogP contribution in [-0.4, -0.2) is 20.6 Å². The Morgan fingerprint density at radius 2 is 2.31 bits per heavy atom. The molecule has 0 unspecified atom stereocenters. The molecule has 2 rings (SSSR count). The molecule has 13 heavy (non-hydrogen) atoms. The van der Waals surface area contributed by atoms with Crippen molar-refractivity contribution in [3.05, 3.63) is 29.8 Å². The highest BCUT2D eigenvalue weighted by Crippen LogP contribution is 2.12. The molecule has 0 amide bonds. The van der Waals surface area contributed by atoms with Crippen molar-refractivity contribution in [3.8, 4) is 0 Å². The van der Waals surface area contributed by atoms with Crippen LogP contribution in [0.4, 0.5) is 11.6 Å². The van der Waals surface area contributed by atoms with Crippen LogP contribution in [0.1, 0.15) is 5.56 Å². The third-order valence-corrected chi connectivity index (χ3v) is 1.62. The van der Waals surface area contributed by atoms with E-state index >= 15 is 0 Å². The van der Waals surface area contributed by atoms with Crippen molar-refractivity contribution in [2.24, 2.45) is 0 Å². The number of aromatic amines is 1. The summed E-state index contributed by atoms with van der Waals surface area (Å²) in [6.07, 6.45) is 0. The van der Waals surface area contributed by atoms with E-state index in [4.69, 9.17) is 0 Å². The molecule has 0 aliphatic heterocycles. The van der Waals surface area contributed by atoms with Crippen LogP contribution in [-0.2, 0) is 0 Å². The first-order valence-electron chi connectivity index (χ1n) is 3.92. The number of anilines is 2. The number of hydrogen-bond acceptors (Lipinski definition) is 4. The van der Waals surface area contributed by atoms with Crippen molar-refractivity contribution in [1.29, 1.82) is 0 Å². The monoisotopic (exact) mass is 175 g/mol. The number of benzene rings is 1. The van der Waals surface area contributed by atoms with Crippen molar-refractivity contribution in [1.82, 2.24) is 20.6 Å². The van der Waals surface area contributed by atoms with Crippen LogP contribution < -0.4 is 5.32 Å². The number of rotatable bonds is 2. The van der Waals surface area contributed by atoms with E-state index in [0.29, 0.717) is 5.95 Å². The maximum atomic E-state index is 3.78. The molecule has 2 aromatic rings. The van der Waals surface area contributed by atoms with Crippen molar-refractivity contribution in [3.63, 3.8) is 0 Å². The summed E-state index contributed by atoms with van der Waals surface area (Å²) in [6.45, 7) is 2.03. The molecule has 1 heterocycles. The van der Waals surface area contributed by atoms with Crippen LogP contribution in [0.15, 0.2) is 24.3 Å². The predicted molar refractivity (Wildman–Crippen MR) is 48.6 cm³/mol. The minimum absolute atomic E-state index is 0.477. The van der Waals surface area contributed by atoms with E-state index in [1.54, 1.807) is 0 Å². The Bertz CT molecular complexity index is 381. The number of aromatic nitrogens is 4. The number of H-pyrrole nitrogens is 1. The number of aryl methyl sites for hydroxylation is 1. The number of nitrogens with zero attached hydrogens (tertiary/aromatic N) is 3. The average Bonchev–Trinajstić information content (AvgIpc) is 2.57. The molecule has 0 aliphatic rings. The molecule has 0 spiro atoms. The zero-order valence-electron chi connectivity index (χ0n) is 7.15. The highest BCUT2D eigenvalue weighted by Gasteiger charge is 1.97. The summed E-state index contributed by atoms with van der Waals surface area (Å²) in [5, 5.41) is 16.4. The van der Waals surface area contributed by atoms with E-state index in [9.17, 15) is 0 Å². The van der Waals surface area contributed by atoms with Crippen LogP contribution in [0, 0.1) is 6.92 Å². The van der Waals surface area contributed by atoms with Crippen molar-refractivity contribution in [2.75, 3.05) is 5.32 Å². The van der Waals surface area contributed by atoms with E-state index in [0.717, 1.165) is 5.69 Å². The first-order valence-corrected chi connectivity index (χ1v) is 3.92. The first kappa shape index (κ1) is 7.72. The van der Waals surface area contributed by atoms with Crippen LogP contribution in [0.25, 0.3) is 0 Å². The van der Waals surface area contributed by atoms with Gasteiger partial charge in [0.1, 0.15) is 0 Å². The molecule has 0 saturated heterocycles. The van der Waals surface area contributed by atoms with Gasteiger partial charge in [-0.3, -0.25) is 0 Å². The Labute approximate surface area is 75.2 Å². The molecule has 0 aliphatic carbocycles. The first-order chi connectivity index (χ1) is 6.34. The van der Waals surface area contributed by atoms with E-state index in [2.05, 4.69) is 25.9 Å². The smallest absolute Gasteiger partial charge is 0.267 e. The Kier molecular flexibility index (Phi) is 1.91. The second-order valence-electron chi connectivity index (χ2n) is 2.73. The highest BCUT2D eigenvalue weighted by atomic mass is 15.5. The van der Waals surface area contributed by atoms with Crippen molar-refractivity contribution in [2.45, 2.75) is 6.92 Å². The van der Waals surface area contributed by atoms with E-state index < -0.39 is 0 Å². The van der Waals surface area contributed by atoms with Gasteiger partial charge in [-0.25, -0.2) is 0 Å². The van der Waals surface area contributed by atoms with Gasteiger partial charge in [-0.1, -0.05) is 17.2 Å². The lowest BCUT2D eigenvalue weighted by molar-refractivity contribution is 0.881. The molecule has 5 nitrogen and oxygen atoms in total. The molecular weight excluding hydrogens is 166 g/mol. The molecule has 0 saturated carbocycles. The molecule has 1 aromatic heterocycles. The summed E-state index contributed by atoms with van der Waals surface area (Å²) in [7, 11) is 0. The average molecular weight is 175 g/mol. The zero-order valence-corrected chi connectivity index (χ0v) is 7.15. The summed E-state index contributed by atoms with van der Waals surface area (Å²) in [6, 6.07) is 7.96. The third-order valence-electron chi connectivity index (χ3n) is 1.62. The van der Waals surface area contributed by atoms with Gasteiger partial charge in [-0.2, -0.15) is 5.21 Å². The Hall–Kier alpha value is -1.91. The van der Waals surface area contributed by atoms with Gasteiger partial charge in [-0.05, 0) is 29.8 Å². The highest BCUT2D eigenvalue weighted by molar-refractivity contribution is 5.53. The lowest BCUT2D eigenvalue weighted by atomic mass is 10.2. The molecule has 1 aromatic carbocycles. The zero-order chi connectivity index (χ0) is 9.10. The van der Waals surface area contributed by atoms with Gasteiger partial charge in [0.2, 0.25) is 0 Å². The molecule has 0 radical (unpaired) electrons. The predicted octanol–water partition coefficient (Wildman–Crippen LogP) is 1.25. The number of hydrogen-bond donors (Lipinski definition) is 2. The van der Waals surface area contributed by atoms with Crippen molar-refractivity contribution < 1.29 is 0 Å². The van der Waals surface area contributed by atoms with E-state index in [1.165, 1.54) is 5.56 Å². The summed E-state index contributed by atoms with van der Waals surface area (Å²) in [5.41, 5.74) is 2.15. The Balaban J connectivity index is 2.19. The summed E-state index contributed by atoms with van der Waals surface area (Å²) >= 11 is 0. The molecule has 0 fully saturated rings. The van der Waals surface area contributed by atoms with Gasteiger partial charge in [0, 0.05) is 5.69 Å². The van der Waals surface area contributed by atoms with E-state index in [1.807, 2.05) is 31.2 Å². The van der Waals surface area contributed by atoms with Gasteiger partial charge in [0.05, 0.1) is 0 Å². The Morgan fingerprint density at radius 3 is 3.00 bits per heavy atom. The minimum Gasteiger partial charge on any atom is -0.322 e. The number of nitrogens with one attached hydrogen (secondary N) is 2. The fourth-order valence-electron chi connectivity index (χ4n) is 1.07. The molecule has 66 valence electrons. The van der Waals surface area contributed by atoms with Crippen LogP contribution >= 0.6 is 0 Å². The van der Waals surface area contributed by atoms with E-state index in [-0.39, 0.29) is 0 Å². The third kappa shape index (κ3) is 1.81. The fraction of sp³-hybridized carbons (Fsp3) is 0.125. The van der Waals surface area contributed by atoms with Gasteiger partial charge < -0.3 is 5.32 Å². The molecule has 2 N–H and O–H groups in total. The molecule has 0 bridgehead atoms. The van der Waals surface area contributed by atoms with Gasteiger partial charge in [0.25, 0.3) is 5.95 Å². The van der Waals surface area contributed by atoms with Crippen LogP contribution in [0.5, 0.6) is 0 Å².